The van der Waals surface area contributed by atoms with Gasteiger partial charge in [0.1, 0.15) is 0 Å². The molecule has 96 valence electrons. The molecule has 1 aliphatic rings. The number of nitrogens with zero attached hydrogens (tertiary/aromatic N) is 1. The highest BCUT2D eigenvalue weighted by Gasteiger charge is 2.54. The molecule has 1 fully saturated rings. The van der Waals surface area contributed by atoms with E-state index in [0.29, 0.717) is 13.1 Å². The highest BCUT2D eigenvalue weighted by Crippen LogP contribution is 2.38. The van der Waals surface area contributed by atoms with E-state index in [1.807, 2.05) is 4.90 Å². The number of alkyl halides is 3. The zero-order chi connectivity index (χ0) is 12.2. The second-order valence-corrected chi connectivity index (χ2v) is 4.58. The third-order valence-corrected chi connectivity index (χ3v) is 3.29. The van der Waals surface area contributed by atoms with Crippen molar-refractivity contribution < 1.29 is 18.3 Å². The molecule has 0 amide bonds. The first-order chi connectivity index (χ1) is 7.39. The minimum Gasteiger partial charge on any atom is -0.380 e. The van der Waals surface area contributed by atoms with E-state index >= 15 is 0 Å². The molecular formula is C11H20F3NO. The molecule has 0 unspecified atom stereocenters. The third-order valence-electron chi connectivity index (χ3n) is 3.29. The lowest BCUT2D eigenvalue weighted by atomic mass is 9.90. The largest absolute Gasteiger partial charge is 0.417 e. The summed E-state index contributed by atoms with van der Waals surface area (Å²) in [4.78, 5) is 2.01. The number of likely N-dealkylation sites (tertiary alicyclic amines) is 1. The summed E-state index contributed by atoms with van der Waals surface area (Å²) in [5.74, 6) is 0. The van der Waals surface area contributed by atoms with Crippen LogP contribution in [0.1, 0.15) is 39.0 Å². The predicted molar refractivity (Wildman–Crippen MR) is 56.2 cm³/mol. The molecule has 0 spiro atoms. The Kier molecular flexibility index (Phi) is 4.62. The molecule has 1 heterocycles. The lowest BCUT2D eigenvalue weighted by Gasteiger charge is -2.39. The van der Waals surface area contributed by atoms with Crippen molar-refractivity contribution in [2.75, 3.05) is 19.6 Å². The van der Waals surface area contributed by atoms with Gasteiger partial charge >= 0.3 is 6.18 Å². The molecule has 1 rings (SSSR count). The summed E-state index contributed by atoms with van der Waals surface area (Å²) >= 11 is 0. The Labute approximate surface area is 94.4 Å². The van der Waals surface area contributed by atoms with E-state index in [0.717, 1.165) is 25.8 Å². The van der Waals surface area contributed by atoms with Gasteiger partial charge in [-0.3, -0.25) is 0 Å². The maximum absolute atomic E-state index is 12.5. The van der Waals surface area contributed by atoms with E-state index in [4.69, 9.17) is 0 Å². The van der Waals surface area contributed by atoms with Crippen LogP contribution < -0.4 is 0 Å². The van der Waals surface area contributed by atoms with E-state index in [-0.39, 0.29) is 12.8 Å². The number of aliphatic hydroxyl groups is 1. The van der Waals surface area contributed by atoms with E-state index in [2.05, 4.69) is 6.92 Å². The molecule has 0 aromatic heterocycles. The third kappa shape index (κ3) is 3.35. The molecule has 0 bridgehead atoms. The first-order valence-electron chi connectivity index (χ1n) is 5.90. The Morgan fingerprint density at radius 1 is 1.19 bits per heavy atom. The minimum absolute atomic E-state index is 0.192. The van der Waals surface area contributed by atoms with Crippen LogP contribution in [0.4, 0.5) is 13.2 Å². The van der Waals surface area contributed by atoms with Crippen LogP contribution >= 0.6 is 0 Å². The fourth-order valence-electron chi connectivity index (χ4n) is 2.02. The Hall–Kier alpha value is -0.290. The number of unbranched alkanes of at least 4 members (excludes halogenated alkanes) is 2. The zero-order valence-electron chi connectivity index (χ0n) is 9.69. The first kappa shape index (κ1) is 13.8. The molecule has 16 heavy (non-hydrogen) atoms. The van der Waals surface area contributed by atoms with Gasteiger partial charge in [0.2, 0.25) is 0 Å². The lowest BCUT2D eigenvalue weighted by molar-refractivity contribution is -0.272. The van der Waals surface area contributed by atoms with Crippen molar-refractivity contribution in [1.29, 1.82) is 0 Å². The van der Waals surface area contributed by atoms with Gasteiger partial charge in [0, 0.05) is 13.1 Å². The molecule has 0 aliphatic carbocycles. The van der Waals surface area contributed by atoms with Crippen molar-refractivity contribution in [2.24, 2.45) is 0 Å². The summed E-state index contributed by atoms with van der Waals surface area (Å²) in [7, 11) is 0. The maximum Gasteiger partial charge on any atom is 0.417 e. The highest BCUT2D eigenvalue weighted by atomic mass is 19.4. The second-order valence-electron chi connectivity index (χ2n) is 4.58. The minimum atomic E-state index is -4.48. The van der Waals surface area contributed by atoms with Crippen LogP contribution in [0.5, 0.6) is 0 Å². The number of halogens is 3. The number of hydrogen-bond acceptors (Lipinski definition) is 2. The van der Waals surface area contributed by atoms with E-state index in [9.17, 15) is 18.3 Å². The van der Waals surface area contributed by atoms with Gasteiger partial charge in [0.15, 0.2) is 5.60 Å². The number of piperidine rings is 1. The highest BCUT2D eigenvalue weighted by molar-refractivity contribution is 4.91. The Morgan fingerprint density at radius 2 is 1.75 bits per heavy atom. The lowest BCUT2D eigenvalue weighted by Crippen LogP contribution is -2.53. The molecule has 0 aromatic carbocycles. The van der Waals surface area contributed by atoms with Crippen LogP contribution in [-0.4, -0.2) is 41.4 Å². The van der Waals surface area contributed by atoms with Gasteiger partial charge in [-0.15, -0.1) is 0 Å². The average molecular weight is 239 g/mol. The standard InChI is InChI=1S/C11H20F3NO/c1-2-3-4-7-15-8-5-10(16,6-9-15)11(12,13)14/h16H,2-9H2,1H3. The van der Waals surface area contributed by atoms with Crippen molar-refractivity contribution in [3.05, 3.63) is 0 Å². The SMILES string of the molecule is CCCCCN1CCC(O)(C(F)(F)F)CC1. The van der Waals surface area contributed by atoms with Gasteiger partial charge in [-0.25, -0.2) is 0 Å². The summed E-state index contributed by atoms with van der Waals surface area (Å²) < 4.78 is 37.5. The van der Waals surface area contributed by atoms with Crippen molar-refractivity contribution in [2.45, 2.75) is 50.8 Å². The van der Waals surface area contributed by atoms with Crippen LogP contribution in [0, 0.1) is 0 Å². The van der Waals surface area contributed by atoms with Gasteiger partial charge in [0.05, 0.1) is 0 Å². The maximum atomic E-state index is 12.5. The summed E-state index contributed by atoms with van der Waals surface area (Å²) in [5.41, 5.74) is -2.45. The monoisotopic (exact) mass is 239 g/mol. The Morgan fingerprint density at radius 3 is 2.19 bits per heavy atom. The van der Waals surface area contributed by atoms with Gasteiger partial charge < -0.3 is 10.0 Å². The fourth-order valence-corrected chi connectivity index (χ4v) is 2.02. The summed E-state index contributed by atoms with van der Waals surface area (Å²) in [5, 5.41) is 9.45. The van der Waals surface area contributed by atoms with Gasteiger partial charge in [-0.2, -0.15) is 13.2 Å². The predicted octanol–water partition coefficient (Wildman–Crippen LogP) is 2.57. The van der Waals surface area contributed by atoms with Gasteiger partial charge in [-0.1, -0.05) is 19.8 Å². The normalized spacial score (nSPS) is 22.3. The van der Waals surface area contributed by atoms with Crippen LogP contribution in [-0.2, 0) is 0 Å². The quantitative estimate of drug-likeness (QED) is 0.762. The van der Waals surface area contributed by atoms with Crippen LogP contribution in [0.2, 0.25) is 0 Å². The van der Waals surface area contributed by atoms with Crippen molar-refractivity contribution >= 4 is 0 Å². The Bertz CT molecular complexity index is 210. The van der Waals surface area contributed by atoms with Crippen LogP contribution in [0.25, 0.3) is 0 Å². The summed E-state index contributed by atoms with van der Waals surface area (Å²) in [6, 6.07) is 0. The smallest absolute Gasteiger partial charge is 0.380 e. The molecule has 2 nitrogen and oxygen atoms in total. The fraction of sp³-hybridized carbons (Fsp3) is 1.00. The second kappa shape index (κ2) is 5.36. The molecule has 0 saturated carbocycles. The molecular weight excluding hydrogens is 219 g/mol. The molecule has 1 saturated heterocycles. The number of rotatable bonds is 4. The van der Waals surface area contributed by atoms with Gasteiger partial charge in [0.25, 0.3) is 0 Å². The Balaban J connectivity index is 2.33. The van der Waals surface area contributed by atoms with E-state index < -0.39 is 11.8 Å². The molecule has 0 atom stereocenters. The summed E-state index contributed by atoms with van der Waals surface area (Å²) in [6.45, 7) is 3.64. The molecule has 1 N–H and O–H groups in total. The number of hydrogen-bond donors (Lipinski definition) is 1. The molecule has 5 heteroatoms. The van der Waals surface area contributed by atoms with E-state index in [1.165, 1.54) is 0 Å². The molecule has 1 aliphatic heterocycles. The molecule has 0 aromatic rings. The van der Waals surface area contributed by atoms with E-state index in [1.54, 1.807) is 0 Å². The zero-order valence-corrected chi connectivity index (χ0v) is 9.69. The average Bonchev–Trinajstić information content (AvgIpc) is 2.20. The molecule has 0 radical (unpaired) electrons. The van der Waals surface area contributed by atoms with Crippen LogP contribution in [0.3, 0.4) is 0 Å². The van der Waals surface area contributed by atoms with Crippen molar-refractivity contribution in [3.8, 4) is 0 Å². The first-order valence-corrected chi connectivity index (χ1v) is 5.90. The summed E-state index contributed by atoms with van der Waals surface area (Å²) in [6.07, 6.45) is -1.62. The van der Waals surface area contributed by atoms with Gasteiger partial charge in [-0.05, 0) is 25.8 Å². The van der Waals surface area contributed by atoms with Crippen molar-refractivity contribution in [3.63, 3.8) is 0 Å². The van der Waals surface area contributed by atoms with Crippen LogP contribution in [0.15, 0.2) is 0 Å². The topological polar surface area (TPSA) is 23.5 Å². The van der Waals surface area contributed by atoms with Crippen molar-refractivity contribution in [1.82, 2.24) is 4.90 Å².